The van der Waals surface area contributed by atoms with Crippen molar-refractivity contribution in [2.45, 2.75) is 77.9 Å². The van der Waals surface area contributed by atoms with E-state index in [1.165, 1.54) is 0 Å². The van der Waals surface area contributed by atoms with Crippen LogP contribution in [0.2, 0.25) is 0 Å². The Balaban J connectivity index is 2.11. The molecule has 0 aromatic carbocycles. The fourth-order valence-electron chi connectivity index (χ4n) is 4.35. The maximum atomic E-state index is 6.39. The lowest BCUT2D eigenvalue weighted by atomic mass is 9.82. The van der Waals surface area contributed by atoms with Crippen molar-refractivity contribution in [1.29, 1.82) is 0 Å². The SMILES string of the molecule is CCNC1C(CN2C[C@@H](C)O[C@@H](C)C2)C(C)(C)OC1(C)C. The first kappa shape index (κ1) is 17.2. The predicted molar refractivity (Wildman–Crippen MR) is 86.6 cm³/mol. The molecular formula is C17H34N2O2. The fraction of sp³-hybridized carbons (Fsp3) is 1.00. The quantitative estimate of drug-likeness (QED) is 0.863. The minimum Gasteiger partial charge on any atom is -0.373 e. The van der Waals surface area contributed by atoms with Crippen LogP contribution in [0, 0.1) is 5.92 Å². The smallest absolute Gasteiger partial charge is 0.0790 e. The molecule has 0 aromatic heterocycles. The van der Waals surface area contributed by atoms with Crippen molar-refractivity contribution in [3.8, 4) is 0 Å². The molecule has 0 amide bonds. The van der Waals surface area contributed by atoms with Crippen molar-refractivity contribution in [1.82, 2.24) is 10.2 Å². The van der Waals surface area contributed by atoms with Crippen LogP contribution in [0.4, 0.5) is 0 Å². The molecule has 0 aromatic rings. The molecule has 0 saturated carbocycles. The molecular weight excluding hydrogens is 264 g/mol. The number of nitrogens with one attached hydrogen (secondary N) is 1. The molecule has 2 aliphatic rings. The molecule has 2 heterocycles. The monoisotopic (exact) mass is 298 g/mol. The number of likely N-dealkylation sites (N-methyl/N-ethyl adjacent to an activating group) is 1. The molecule has 1 N–H and O–H groups in total. The van der Waals surface area contributed by atoms with Crippen LogP contribution in [0.5, 0.6) is 0 Å². The van der Waals surface area contributed by atoms with Gasteiger partial charge >= 0.3 is 0 Å². The molecule has 4 nitrogen and oxygen atoms in total. The molecule has 2 fully saturated rings. The van der Waals surface area contributed by atoms with Crippen molar-refractivity contribution < 1.29 is 9.47 Å². The van der Waals surface area contributed by atoms with Crippen LogP contribution >= 0.6 is 0 Å². The zero-order valence-corrected chi connectivity index (χ0v) is 14.9. The number of rotatable bonds is 4. The number of ether oxygens (including phenoxy) is 2. The Morgan fingerprint density at radius 3 is 2.14 bits per heavy atom. The van der Waals surface area contributed by atoms with Crippen LogP contribution in [0.3, 0.4) is 0 Å². The second kappa shape index (κ2) is 6.15. The lowest BCUT2D eigenvalue weighted by molar-refractivity contribution is -0.0926. The standard InChI is InChI=1S/C17H34N2O2/c1-8-18-15-14(16(4,5)21-17(15,6)7)11-19-9-12(2)20-13(3)10-19/h12-15,18H,8-11H2,1-7H3/t12-,13+,14?,15?. The Kier molecular flexibility index (Phi) is 5.04. The van der Waals surface area contributed by atoms with Crippen molar-refractivity contribution in [2.75, 3.05) is 26.2 Å². The highest BCUT2D eigenvalue weighted by Gasteiger charge is 2.53. The first-order valence-corrected chi connectivity index (χ1v) is 8.47. The van der Waals surface area contributed by atoms with Gasteiger partial charge in [-0.2, -0.15) is 0 Å². The Hall–Kier alpha value is -0.160. The third-order valence-electron chi connectivity index (χ3n) is 4.94. The van der Waals surface area contributed by atoms with E-state index in [-0.39, 0.29) is 11.2 Å². The van der Waals surface area contributed by atoms with Gasteiger partial charge in [0.2, 0.25) is 0 Å². The molecule has 21 heavy (non-hydrogen) atoms. The maximum absolute atomic E-state index is 6.39. The van der Waals surface area contributed by atoms with E-state index >= 15 is 0 Å². The lowest BCUT2D eigenvalue weighted by Crippen LogP contribution is -2.54. The van der Waals surface area contributed by atoms with Gasteiger partial charge < -0.3 is 14.8 Å². The van der Waals surface area contributed by atoms with E-state index < -0.39 is 0 Å². The Morgan fingerprint density at radius 1 is 1.05 bits per heavy atom. The largest absolute Gasteiger partial charge is 0.373 e. The van der Waals surface area contributed by atoms with Gasteiger partial charge in [-0.15, -0.1) is 0 Å². The zero-order chi connectivity index (χ0) is 15.8. The minimum absolute atomic E-state index is 0.0961. The Labute approximate surface area is 130 Å². The third-order valence-corrected chi connectivity index (χ3v) is 4.94. The van der Waals surface area contributed by atoms with Gasteiger partial charge in [-0.1, -0.05) is 6.92 Å². The number of hydrogen-bond acceptors (Lipinski definition) is 4. The van der Waals surface area contributed by atoms with Crippen LogP contribution < -0.4 is 5.32 Å². The van der Waals surface area contributed by atoms with Crippen LogP contribution in [0.15, 0.2) is 0 Å². The van der Waals surface area contributed by atoms with Crippen LogP contribution in [0.1, 0.15) is 48.5 Å². The van der Waals surface area contributed by atoms with Gasteiger partial charge in [0.15, 0.2) is 0 Å². The van der Waals surface area contributed by atoms with Crippen LogP contribution in [-0.4, -0.2) is 60.5 Å². The molecule has 4 atom stereocenters. The highest BCUT2D eigenvalue weighted by atomic mass is 16.5. The summed E-state index contributed by atoms with van der Waals surface area (Å²) in [6, 6.07) is 0.394. The molecule has 0 radical (unpaired) electrons. The van der Waals surface area contributed by atoms with Gasteiger partial charge in [0.25, 0.3) is 0 Å². The summed E-state index contributed by atoms with van der Waals surface area (Å²) < 4.78 is 12.2. The number of nitrogens with zero attached hydrogens (tertiary/aromatic N) is 1. The summed E-state index contributed by atoms with van der Waals surface area (Å²) in [6.07, 6.45) is 0.648. The highest BCUT2D eigenvalue weighted by molar-refractivity contribution is 5.06. The predicted octanol–water partition coefficient (Wildman–Crippen LogP) is 2.28. The van der Waals surface area contributed by atoms with Crippen molar-refractivity contribution in [2.24, 2.45) is 5.92 Å². The summed E-state index contributed by atoms with van der Waals surface area (Å²) in [5.41, 5.74) is -0.213. The van der Waals surface area contributed by atoms with E-state index in [9.17, 15) is 0 Å². The van der Waals surface area contributed by atoms with Crippen molar-refractivity contribution in [3.05, 3.63) is 0 Å². The van der Waals surface area contributed by atoms with E-state index in [1.807, 2.05) is 0 Å². The Bertz CT molecular complexity index is 347. The molecule has 0 bridgehead atoms. The summed E-state index contributed by atoms with van der Waals surface area (Å²) in [5, 5.41) is 3.67. The van der Waals surface area contributed by atoms with E-state index in [2.05, 4.69) is 58.7 Å². The minimum atomic E-state index is -0.117. The third kappa shape index (κ3) is 3.79. The molecule has 2 unspecified atom stereocenters. The molecule has 4 heteroatoms. The Morgan fingerprint density at radius 2 is 1.62 bits per heavy atom. The average Bonchev–Trinajstić information content (AvgIpc) is 2.46. The first-order chi connectivity index (χ1) is 9.65. The zero-order valence-electron chi connectivity index (χ0n) is 14.9. The van der Waals surface area contributed by atoms with Gasteiger partial charge in [0, 0.05) is 31.6 Å². The van der Waals surface area contributed by atoms with Gasteiger partial charge in [0.1, 0.15) is 0 Å². The van der Waals surface area contributed by atoms with E-state index in [0.29, 0.717) is 24.2 Å². The molecule has 124 valence electrons. The van der Waals surface area contributed by atoms with E-state index in [1.54, 1.807) is 0 Å². The van der Waals surface area contributed by atoms with E-state index in [0.717, 1.165) is 26.2 Å². The number of morpholine rings is 1. The van der Waals surface area contributed by atoms with E-state index in [4.69, 9.17) is 9.47 Å². The summed E-state index contributed by atoms with van der Waals surface area (Å²) in [4.78, 5) is 2.56. The molecule has 2 aliphatic heterocycles. The topological polar surface area (TPSA) is 33.7 Å². The normalized spacial score (nSPS) is 39.6. The maximum Gasteiger partial charge on any atom is 0.0790 e. The molecule has 0 aliphatic carbocycles. The van der Waals surface area contributed by atoms with Crippen molar-refractivity contribution in [3.63, 3.8) is 0 Å². The highest BCUT2D eigenvalue weighted by Crippen LogP contribution is 2.42. The van der Waals surface area contributed by atoms with Gasteiger partial charge in [-0.05, 0) is 48.1 Å². The first-order valence-electron chi connectivity index (χ1n) is 8.47. The molecule has 0 spiro atoms. The second-order valence-electron chi connectivity index (χ2n) is 7.93. The fourth-order valence-corrected chi connectivity index (χ4v) is 4.35. The van der Waals surface area contributed by atoms with Crippen LogP contribution in [0.25, 0.3) is 0 Å². The van der Waals surface area contributed by atoms with Gasteiger partial charge in [0.05, 0.1) is 23.4 Å². The van der Waals surface area contributed by atoms with Crippen LogP contribution in [-0.2, 0) is 9.47 Å². The van der Waals surface area contributed by atoms with Crippen molar-refractivity contribution >= 4 is 0 Å². The van der Waals surface area contributed by atoms with Gasteiger partial charge in [-0.25, -0.2) is 0 Å². The lowest BCUT2D eigenvalue weighted by Gasteiger charge is -2.40. The molecule has 2 saturated heterocycles. The average molecular weight is 298 g/mol. The second-order valence-corrected chi connectivity index (χ2v) is 7.93. The summed E-state index contributed by atoms with van der Waals surface area (Å²) in [6.45, 7) is 19.5. The summed E-state index contributed by atoms with van der Waals surface area (Å²) in [7, 11) is 0. The molecule has 2 rings (SSSR count). The van der Waals surface area contributed by atoms with Gasteiger partial charge in [-0.3, -0.25) is 4.90 Å². The summed E-state index contributed by atoms with van der Waals surface area (Å²) in [5.74, 6) is 0.491. The summed E-state index contributed by atoms with van der Waals surface area (Å²) >= 11 is 0. The number of hydrogen-bond donors (Lipinski definition) is 1.